The molecule has 1 unspecified atom stereocenters. The van der Waals surface area contributed by atoms with Gasteiger partial charge in [-0.1, -0.05) is 0 Å². The molecule has 0 saturated carbocycles. The Morgan fingerprint density at radius 1 is 0.574 bits per heavy atom. The van der Waals surface area contributed by atoms with Gasteiger partial charge in [0.15, 0.2) is 0 Å². The molecule has 301 valence electrons. The second kappa shape index (κ2) is 15.8. The number of rotatable bonds is 8. The van der Waals surface area contributed by atoms with Crippen LogP contribution in [0.3, 0.4) is 0 Å². The fourth-order valence-electron chi connectivity index (χ4n) is 10.9. The molecule has 0 fully saturated rings. The minimum absolute atomic E-state index is 0.00632. The Labute approximate surface area is 372 Å². The van der Waals surface area contributed by atoms with E-state index in [9.17, 15) is 0 Å². The predicted octanol–water partition coefficient (Wildman–Crippen LogP) is 13.5. The maximum atomic E-state index is 2.71. The molecule has 8 aromatic rings. The average Bonchev–Trinajstić information content (AvgIpc) is 3.82. The van der Waals surface area contributed by atoms with Crippen molar-refractivity contribution in [1.29, 1.82) is 0 Å². The fourth-order valence-corrected chi connectivity index (χ4v) is 37.8. The third-order valence-electron chi connectivity index (χ3n) is 13.7. The Balaban J connectivity index is 1.30. The molecule has 2 aliphatic rings. The molecule has 10 rings (SSSR count). The first kappa shape index (κ1) is 40.2. The molecular weight excluding hydrogens is 828 g/mol. The van der Waals surface area contributed by atoms with Gasteiger partial charge in [-0.25, -0.2) is 0 Å². The van der Waals surface area contributed by atoms with Crippen molar-refractivity contribution in [2.75, 3.05) is 0 Å². The molecule has 0 saturated heterocycles. The number of hydrogen-bond donors (Lipinski definition) is 0. The minimum atomic E-state index is -3.00. The number of fused-ring (bicyclic) bond motifs is 6. The Hall–Kier alpha value is -4.88. The Morgan fingerprint density at radius 3 is 1.79 bits per heavy atom. The van der Waals surface area contributed by atoms with Crippen molar-refractivity contribution in [3.63, 3.8) is 0 Å². The maximum absolute atomic E-state index is 3.00. The molecular formula is C59H57SiZr. The summed E-state index contributed by atoms with van der Waals surface area (Å²) in [4.78, 5) is 0. The summed E-state index contributed by atoms with van der Waals surface area (Å²) in [6.07, 6.45) is 6.00. The summed E-state index contributed by atoms with van der Waals surface area (Å²) in [5, 5.41) is 8.50. The second-order valence-electron chi connectivity index (χ2n) is 19.7. The zero-order valence-corrected chi connectivity index (χ0v) is 40.6. The van der Waals surface area contributed by atoms with Crippen LogP contribution in [0.1, 0.15) is 98.3 Å². The van der Waals surface area contributed by atoms with E-state index in [0.29, 0.717) is 3.63 Å². The molecule has 0 heterocycles. The molecule has 0 radical (unpaired) electrons. The van der Waals surface area contributed by atoms with Gasteiger partial charge in [-0.2, -0.15) is 0 Å². The monoisotopic (exact) mass is 883 g/mol. The van der Waals surface area contributed by atoms with Crippen LogP contribution in [0.25, 0.3) is 49.9 Å². The van der Waals surface area contributed by atoms with E-state index in [-0.39, 0.29) is 10.8 Å². The Kier molecular flexibility index (Phi) is 10.4. The molecule has 0 bridgehead atoms. The van der Waals surface area contributed by atoms with Crippen LogP contribution in [-0.4, -0.2) is 5.92 Å². The van der Waals surface area contributed by atoms with Gasteiger partial charge in [-0.05, 0) is 0 Å². The summed E-state index contributed by atoms with van der Waals surface area (Å²) in [5.74, 6) is -1.85. The first-order valence-corrected chi connectivity index (χ1v) is 31.2. The Bertz CT molecular complexity index is 2890. The average molecular weight is 885 g/mol. The van der Waals surface area contributed by atoms with E-state index in [0.717, 1.165) is 19.3 Å². The molecule has 1 atom stereocenters. The van der Waals surface area contributed by atoms with Crippen molar-refractivity contribution in [1.82, 2.24) is 0 Å². The molecule has 0 aromatic heterocycles. The van der Waals surface area contributed by atoms with E-state index in [1.165, 1.54) is 60.5 Å². The van der Waals surface area contributed by atoms with Gasteiger partial charge in [0, 0.05) is 0 Å². The Morgan fingerprint density at radius 2 is 1.18 bits per heavy atom. The van der Waals surface area contributed by atoms with Gasteiger partial charge >= 0.3 is 375 Å². The number of allylic oxidation sites excluding steroid dienone is 1. The van der Waals surface area contributed by atoms with Crippen LogP contribution in [0.15, 0.2) is 169 Å². The summed E-state index contributed by atoms with van der Waals surface area (Å²) in [6, 6.07) is 64.2. The number of hydrogen-bond acceptors (Lipinski definition) is 0. The molecule has 0 nitrogen and oxygen atoms in total. The summed E-state index contributed by atoms with van der Waals surface area (Å²) in [5.41, 5.74) is 16.7. The van der Waals surface area contributed by atoms with Crippen molar-refractivity contribution in [3.8, 4) is 22.3 Å². The molecule has 0 amide bonds. The van der Waals surface area contributed by atoms with Crippen molar-refractivity contribution in [2.24, 2.45) is 0 Å². The number of benzene rings is 8. The zero-order chi connectivity index (χ0) is 42.0. The van der Waals surface area contributed by atoms with Gasteiger partial charge in [-0.15, -0.1) is 0 Å². The van der Waals surface area contributed by atoms with Crippen molar-refractivity contribution >= 4 is 47.2 Å². The van der Waals surface area contributed by atoms with Gasteiger partial charge in [0.2, 0.25) is 0 Å². The van der Waals surface area contributed by atoms with Crippen LogP contribution in [0.4, 0.5) is 0 Å². The standard InChI is InChI=1S/C26H21.C21H25.C12H11Si.Zr/c1-2-8-18-15-19-11-7-14-24(25(19)16-18)26-22-12-5-3-9-20(22)17-21-10-4-6-13-23(21)26;1-20(2,3)16-7-9-18-14(12-16)11-15-13-17(21(4,5)6)8-10-19(15)18;1-3-7-11(8-4-1)13-12-9-5-2-6-10-12;/h3-7,9-17H,2,8H2,1H3;7-10,12H,11H2,1-6H3;1-10,13H;. The molecule has 2 heteroatoms. The summed E-state index contributed by atoms with van der Waals surface area (Å²) >= 11 is -3.00. The topological polar surface area (TPSA) is 0 Å². The van der Waals surface area contributed by atoms with E-state index in [1.54, 1.807) is 32.6 Å². The van der Waals surface area contributed by atoms with Crippen LogP contribution in [-0.2, 0) is 38.2 Å². The first-order valence-electron chi connectivity index (χ1n) is 22.5. The second-order valence-corrected chi connectivity index (χ2v) is 34.7. The van der Waals surface area contributed by atoms with E-state index in [1.807, 2.05) is 3.27 Å². The van der Waals surface area contributed by atoms with Gasteiger partial charge in [0.05, 0.1) is 0 Å². The summed E-state index contributed by atoms with van der Waals surface area (Å²) < 4.78 is 2.24. The third-order valence-corrected chi connectivity index (χ3v) is 35.6. The van der Waals surface area contributed by atoms with Crippen LogP contribution < -0.4 is 13.6 Å². The SMILES string of the molecule is CCCC1=Cc2c(-c3c4ccccc4cc4ccccc34)cccc2[CH]1[Zr]([c]1c(C(C)(C)C)ccc2c1Cc1cc(C(C)(C)C)ccc1-2)[SiH](c1ccccc1)c1ccccc1. The molecule has 0 spiro atoms. The van der Waals surface area contributed by atoms with Gasteiger partial charge in [-0.3, -0.25) is 0 Å². The van der Waals surface area contributed by atoms with E-state index in [4.69, 9.17) is 0 Å². The van der Waals surface area contributed by atoms with Gasteiger partial charge in [0.25, 0.3) is 0 Å². The summed E-state index contributed by atoms with van der Waals surface area (Å²) in [6.45, 7) is 16.9. The normalized spacial score (nSPS) is 14.6. The molecule has 61 heavy (non-hydrogen) atoms. The first-order chi connectivity index (χ1) is 29.5. The van der Waals surface area contributed by atoms with E-state index >= 15 is 0 Å². The van der Waals surface area contributed by atoms with Gasteiger partial charge < -0.3 is 0 Å². The third kappa shape index (κ3) is 7.09. The van der Waals surface area contributed by atoms with Crippen molar-refractivity contribution < 1.29 is 20.9 Å². The van der Waals surface area contributed by atoms with Crippen LogP contribution in [0.5, 0.6) is 0 Å². The van der Waals surface area contributed by atoms with E-state index in [2.05, 4.69) is 218 Å². The fraction of sp³-hybridized carbons (Fsp3) is 0.220. The van der Waals surface area contributed by atoms with Crippen LogP contribution in [0, 0.1) is 0 Å². The van der Waals surface area contributed by atoms with Crippen molar-refractivity contribution in [3.05, 3.63) is 203 Å². The molecule has 0 aliphatic heterocycles. The van der Waals surface area contributed by atoms with Crippen LogP contribution >= 0.6 is 0 Å². The summed E-state index contributed by atoms with van der Waals surface area (Å²) in [7, 11) is 0. The molecule has 0 N–H and O–H groups in total. The molecule has 2 aliphatic carbocycles. The molecule has 8 aromatic carbocycles. The van der Waals surface area contributed by atoms with Crippen molar-refractivity contribution in [2.45, 2.75) is 82.2 Å². The van der Waals surface area contributed by atoms with Crippen LogP contribution in [0.2, 0.25) is 0 Å². The van der Waals surface area contributed by atoms with Gasteiger partial charge in [0.1, 0.15) is 0 Å². The zero-order valence-electron chi connectivity index (χ0n) is 36.9. The van der Waals surface area contributed by atoms with E-state index < -0.39 is 26.8 Å². The predicted molar refractivity (Wildman–Crippen MR) is 264 cm³/mol. The quantitative estimate of drug-likeness (QED) is 0.105.